The highest BCUT2D eigenvalue weighted by Gasteiger charge is 2.26. The number of sulfonamides is 1. The zero-order valence-electron chi connectivity index (χ0n) is 19.6. The van der Waals surface area contributed by atoms with Crippen molar-refractivity contribution in [2.75, 3.05) is 42.2 Å². The topological polar surface area (TPSA) is 122 Å². The van der Waals surface area contributed by atoms with Gasteiger partial charge in [-0.05, 0) is 42.5 Å². The average molecular weight is 491 g/mol. The molecule has 1 unspecified atom stereocenters. The van der Waals surface area contributed by atoms with E-state index in [9.17, 15) is 23.3 Å². The summed E-state index contributed by atoms with van der Waals surface area (Å²) in [6.45, 7) is 3.99. The van der Waals surface area contributed by atoms with Crippen LogP contribution in [0.3, 0.4) is 0 Å². The zero-order valence-corrected chi connectivity index (χ0v) is 20.4. The van der Waals surface area contributed by atoms with Crippen LogP contribution in [0.25, 0.3) is 0 Å². The second kappa shape index (κ2) is 10.7. The van der Waals surface area contributed by atoms with Gasteiger partial charge in [-0.15, -0.1) is 0 Å². The third-order valence-corrected chi connectivity index (χ3v) is 6.90. The second-order valence-electron chi connectivity index (χ2n) is 8.52. The van der Waals surface area contributed by atoms with Gasteiger partial charge in [0.2, 0.25) is 15.9 Å². The predicted octanol–water partition coefficient (Wildman–Crippen LogP) is 2.92. The Morgan fingerprint density at radius 1 is 1.26 bits per heavy atom. The van der Waals surface area contributed by atoms with Gasteiger partial charge in [-0.2, -0.15) is 0 Å². The average Bonchev–Trinajstić information content (AvgIpc) is 2.80. The molecule has 184 valence electrons. The minimum atomic E-state index is -3.93. The number of nitro benzene ring substituents is 1. The van der Waals surface area contributed by atoms with Crippen LogP contribution in [0.5, 0.6) is 5.75 Å². The molecule has 0 radical (unpaired) electrons. The number of nitro groups is 1. The minimum Gasteiger partial charge on any atom is -0.495 e. The van der Waals surface area contributed by atoms with Gasteiger partial charge < -0.3 is 15.0 Å². The molecule has 1 atom stereocenters. The Morgan fingerprint density at radius 2 is 1.97 bits per heavy atom. The van der Waals surface area contributed by atoms with Crippen LogP contribution in [0.15, 0.2) is 42.5 Å². The summed E-state index contributed by atoms with van der Waals surface area (Å²) in [5.41, 5.74) is 1.63. The Balaban J connectivity index is 1.68. The molecule has 0 saturated carbocycles. The first-order valence-electron chi connectivity index (χ1n) is 11.0. The highest BCUT2D eigenvalue weighted by molar-refractivity contribution is 7.92. The van der Waals surface area contributed by atoms with E-state index in [0.29, 0.717) is 5.92 Å². The van der Waals surface area contributed by atoms with Crippen molar-refractivity contribution in [3.63, 3.8) is 0 Å². The lowest BCUT2D eigenvalue weighted by Crippen LogP contribution is -2.40. The molecular formula is C23H30N4O6S. The first-order valence-corrected chi connectivity index (χ1v) is 12.8. The summed E-state index contributed by atoms with van der Waals surface area (Å²) in [5, 5.41) is 13.9. The van der Waals surface area contributed by atoms with Crippen molar-refractivity contribution in [1.82, 2.24) is 5.32 Å². The largest absolute Gasteiger partial charge is 0.495 e. The molecule has 0 bridgehead atoms. The van der Waals surface area contributed by atoms with E-state index in [0.717, 1.165) is 41.0 Å². The maximum Gasteiger partial charge on any atom is 0.271 e. The fourth-order valence-electron chi connectivity index (χ4n) is 4.00. The van der Waals surface area contributed by atoms with Crippen molar-refractivity contribution < 1.29 is 22.9 Å². The van der Waals surface area contributed by atoms with E-state index >= 15 is 0 Å². The lowest BCUT2D eigenvalue weighted by molar-refractivity contribution is -0.384. The van der Waals surface area contributed by atoms with Crippen molar-refractivity contribution >= 4 is 33.0 Å². The van der Waals surface area contributed by atoms with E-state index in [4.69, 9.17) is 4.74 Å². The van der Waals surface area contributed by atoms with Crippen molar-refractivity contribution in [3.8, 4) is 5.75 Å². The number of nitrogens with zero attached hydrogens (tertiary/aromatic N) is 3. The van der Waals surface area contributed by atoms with Crippen LogP contribution in [0.4, 0.5) is 17.1 Å². The molecule has 1 aliphatic rings. The van der Waals surface area contributed by atoms with Gasteiger partial charge in [0, 0.05) is 37.5 Å². The van der Waals surface area contributed by atoms with Gasteiger partial charge in [0.15, 0.2) is 0 Å². The highest BCUT2D eigenvalue weighted by Crippen LogP contribution is 2.33. The summed E-state index contributed by atoms with van der Waals surface area (Å²) in [5.74, 6) is 0.217. The number of hydrogen-bond donors (Lipinski definition) is 1. The maximum atomic E-state index is 12.6. The number of carbonyl (C=O) groups excluding carboxylic acids is 1. The molecule has 0 spiro atoms. The number of non-ortho nitro benzene ring substituents is 1. The molecule has 1 aliphatic heterocycles. The van der Waals surface area contributed by atoms with Crippen LogP contribution < -0.4 is 19.3 Å². The van der Waals surface area contributed by atoms with Gasteiger partial charge in [-0.25, -0.2) is 8.42 Å². The minimum absolute atomic E-state index is 0.0746. The van der Waals surface area contributed by atoms with E-state index in [1.165, 1.54) is 32.1 Å². The molecule has 1 fully saturated rings. The van der Waals surface area contributed by atoms with Crippen LogP contribution in [0.1, 0.15) is 25.3 Å². The molecule has 34 heavy (non-hydrogen) atoms. The Morgan fingerprint density at radius 3 is 2.56 bits per heavy atom. The smallest absolute Gasteiger partial charge is 0.271 e. The molecule has 10 nitrogen and oxygen atoms in total. The summed E-state index contributed by atoms with van der Waals surface area (Å²) in [6.07, 6.45) is 3.34. The van der Waals surface area contributed by atoms with E-state index in [-0.39, 0.29) is 23.7 Å². The zero-order chi connectivity index (χ0) is 24.9. The number of rotatable bonds is 9. The van der Waals surface area contributed by atoms with Gasteiger partial charge in [-0.3, -0.25) is 19.2 Å². The van der Waals surface area contributed by atoms with Crippen molar-refractivity contribution in [2.24, 2.45) is 5.92 Å². The lowest BCUT2D eigenvalue weighted by atomic mass is 9.99. The monoisotopic (exact) mass is 490 g/mol. The first-order chi connectivity index (χ1) is 16.1. The number of amides is 1. The third-order valence-electron chi connectivity index (χ3n) is 5.78. The maximum absolute atomic E-state index is 12.6. The third kappa shape index (κ3) is 6.37. The Labute approximate surface area is 199 Å². The normalized spacial score (nSPS) is 16.1. The Hall–Kier alpha value is -3.34. The molecule has 0 aromatic heterocycles. The Kier molecular flexibility index (Phi) is 7.98. The molecule has 2 aromatic rings. The molecule has 1 heterocycles. The Bertz CT molecular complexity index is 1140. The highest BCUT2D eigenvalue weighted by atomic mass is 32.2. The number of benzene rings is 2. The number of carbonyl (C=O) groups is 1. The van der Waals surface area contributed by atoms with Crippen LogP contribution in [0.2, 0.25) is 0 Å². The van der Waals surface area contributed by atoms with Gasteiger partial charge in [-0.1, -0.05) is 19.1 Å². The summed E-state index contributed by atoms with van der Waals surface area (Å²) in [7, 11) is -2.61. The van der Waals surface area contributed by atoms with Gasteiger partial charge in [0.25, 0.3) is 5.69 Å². The molecule has 2 aromatic carbocycles. The molecule has 0 aliphatic carbocycles. The first kappa shape index (κ1) is 25.3. The summed E-state index contributed by atoms with van der Waals surface area (Å²) in [6, 6.07) is 11.5. The molecule has 11 heteroatoms. The number of piperidine rings is 1. The van der Waals surface area contributed by atoms with Gasteiger partial charge in [0.1, 0.15) is 18.0 Å². The number of ether oxygens (including phenoxy) is 1. The van der Waals surface area contributed by atoms with E-state index in [1.54, 1.807) is 0 Å². The standard InChI is InChI=1S/C23H30N4O6S/c1-17-5-4-12-25(15-17)19-8-6-18(7-9-19)14-24-23(28)16-26(34(3,31)32)21-13-20(27(29)30)10-11-22(21)33-2/h6-11,13,17H,4-5,12,14-16H2,1-3H3,(H,24,28). The van der Waals surface area contributed by atoms with Gasteiger partial charge >= 0.3 is 0 Å². The van der Waals surface area contributed by atoms with Crippen LogP contribution in [0, 0.1) is 16.0 Å². The SMILES string of the molecule is COc1ccc([N+](=O)[O-])cc1N(CC(=O)NCc1ccc(N2CCCC(C)C2)cc1)S(C)(=O)=O. The predicted molar refractivity (Wildman–Crippen MR) is 131 cm³/mol. The van der Waals surface area contributed by atoms with E-state index in [2.05, 4.69) is 17.1 Å². The number of nitrogens with one attached hydrogen (secondary N) is 1. The molecule has 1 N–H and O–H groups in total. The molecule has 1 amide bonds. The van der Waals surface area contributed by atoms with Crippen molar-refractivity contribution in [2.45, 2.75) is 26.3 Å². The summed E-state index contributed by atoms with van der Waals surface area (Å²) >= 11 is 0. The second-order valence-corrected chi connectivity index (χ2v) is 10.4. The van der Waals surface area contributed by atoms with Gasteiger partial charge in [0.05, 0.1) is 18.3 Å². The van der Waals surface area contributed by atoms with E-state index < -0.39 is 27.4 Å². The summed E-state index contributed by atoms with van der Waals surface area (Å²) in [4.78, 5) is 25.5. The molecule has 1 saturated heterocycles. The van der Waals surface area contributed by atoms with Crippen LogP contribution in [-0.2, 0) is 21.4 Å². The number of anilines is 2. The lowest BCUT2D eigenvalue weighted by Gasteiger charge is -2.32. The molecular weight excluding hydrogens is 460 g/mol. The quantitative estimate of drug-likeness (QED) is 0.424. The van der Waals surface area contributed by atoms with Crippen LogP contribution in [-0.4, -0.2) is 52.2 Å². The van der Waals surface area contributed by atoms with Crippen molar-refractivity contribution in [1.29, 1.82) is 0 Å². The van der Waals surface area contributed by atoms with Crippen molar-refractivity contribution in [3.05, 3.63) is 58.1 Å². The van der Waals surface area contributed by atoms with Crippen LogP contribution >= 0.6 is 0 Å². The fraction of sp³-hybridized carbons (Fsp3) is 0.435. The number of methoxy groups -OCH3 is 1. The number of hydrogen-bond acceptors (Lipinski definition) is 7. The molecule has 3 rings (SSSR count). The fourth-order valence-corrected chi connectivity index (χ4v) is 4.86. The summed E-state index contributed by atoms with van der Waals surface area (Å²) < 4.78 is 30.8. The van der Waals surface area contributed by atoms with E-state index in [1.807, 2.05) is 24.3 Å².